The summed E-state index contributed by atoms with van der Waals surface area (Å²) in [5, 5.41) is 32.4. The minimum absolute atomic E-state index is 0.0726. The van der Waals surface area contributed by atoms with Crippen LogP contribution in [-0.4, -0.2) is 84.0 Å². The minimum Gasteiger partial charge on any atom is -0.493 e. The molecule has 12 heteroatoms. The molecule has 5 rings (SSSR count). The molecule has 0 radical (unpaired) electrons. The van der Waals surface area contributed by atoms with E-state index < -0.39 is 17.9 Å². The summed E-state index contributed by atoms with van der Waals surface area (Å²) in [6.07, 6.45) is 2.71. The Morgan fingerprint density at radius 2 is 1.83 bits per heavy atom. The highest BCUT2D eigenvalue weighted by atomic mass is 19.3. The smallest absolute Gasteiger partial charge is 0.407 e. The SMILES string of the molecule is Cc1nnc(N[C@H](C)c2cccc(C(F)(F)C3CCN(C(=O)O)CC3)c2)c2cc(N3CCOCC3)cc(OCCCCCCO)c12. The predicted molar refractivity (Wildman–Crippen MR) is 173 cm³/mol. The van der Waals surface area contributed by atoms with Gasteiger partial charge in [-0.25, -0.2) is 13.6 Å². The molecule has 2 fully saturated rings. The van der Waals surface area contributed by atoms with Gasteiger partial charge in [-0.2, -0.15) is 5.10 Å². The van der Waals surface area contributed by atoms with E-state index in [4.69, 9.17) is 14.6 Å². The summed E-state index contributed by atoms with van der Waals surface area (Å²) in [5.74, 6) is -2.76. The maximum atomic E-state index is 15.7. The number of morpholine rings is 1. The third-order valence-corrected chi connectivity index (χ3v) is 9.09. The fourth-order valence-electron chi connectivity index (χ4n) is 6.34. The number of anilines is 2. The van der Waals surface area contributed by atoms with Crippen LogP contribution in [0.1, 0.15) is 68.3 Å². The summed E-state index contributed by atoms with van der Waals surface area (Å²) < 4.78 is 43.3. The summed E-state index contributed by atoms with van der Waals surface area (Å²) in [7, 11) is 0. The average molecular weight is 642 g/mol. The number of carbonyl (C=O) groups is 1. The molecule has 2 aliphatic heterocycles. The molecule has 0 aliphatic carbocycles. The van der Waals surface area contributed by atoms with Crippen molar-refractivity contribution in [3.8, 4) is 5.75 Å². The van der Waals surface area contributed by atoms with Crippen molar-refractivity contribution >= 4 is 28.4 Å². The highest BCUT2D eigenvalue weighted by Gasteiger charge is 2.43. The number of aromatic nitrogens is 2. The van der Waals surface area contributed by atoms with Gasteiger partial charge >= 0.3 is 6.09 Å². The van der Waals surface area contributed by atoms with Crippen LogP contribution in [0, 0.1) is 12.8 Å². The zero-order chi connectivity index (χ0) is 32.7. The third-order valence-electron chi connectivity index (χ3n) is 9.09. The summed E-state index contributed by atoms with van der Waals surface area (Å²) in [5.41, 5.74) is 2.33. The van der Waals surface area contributed by atoms with E-state index in [0.29, 0.717) is 31.2 Å². The number of benzene rings is 2. The summed E-state index contributed by atoms with van der Waals surface area (Å²) in [6, 6.07) is 10.2. The molecule has 10 nitrogen and oxygen atoms in total. The molecule has 0 saturated carbocycles. The molecule has 0 bridgehead atoms. The Balaban J connectivity index is 1.40. The number of piperidine rings is 1. The van der Waals surface area contributed by atoms with E-state index in [2.05, 4.69) is 32.5 Å². The van der Waals surface area contributed by atoms with Crippen molar-refractivity contribution in [2.24, 2.45) is 5.92 Å². The van der Waals surface area contributed by atoms with E-state index in [0.717, 1.165) is 66.7 Å². The van der Waals surface area contributed by atoms with Crippen LogP contribution in [0.4, 0.5) is 25.1 Å². The van der Waals surface area contributed by atoms with Gasteiger partial charge in [0.1, 0.15) is 5.75 Å². The number of rotatable bonds is 13. The molecule has 3 aromatic rings. The molecule has 1 amide bonds. The Morgan fingerprint density at radius 1 is 1.09 bits per heavy atom. The lowest BCUT2D eigenvalue weighted by Crippen LogP contribution is -2.41. The molecule has 0 spiro atoms. The number of hydrogen-bond acceptors (Lipinski definition) is 8. The van der Waals surface area contributed by atoms with Crippen LogP contribution in [-0.2, 0) is 10.7 Å². The number of unbranched alkanes of at least 4 members (excludes halogenated alkanes) is 3. The Morgan fingerprint density at radius 3 is 2.54 bits per heavy atom. The van der Waals surface area contributed by atoms with Crippen molar-refractivity contribution in [2.75, 3.05) is 62.8 Å². The van der Waals surface area contributed by atoms with Crippen LogP contribution in [0.5, 0.6) is 5.75 Å². The van der Waals surface area contributed by atoms with Crippen LogP contribution >= 0.6 is 0 Å². The molecular weight excluding hydrogens is 596 g/mol. The first-order valence-corrected chi connectivity index (χ1v) is 16.3. The van der Waals surface area contributed by atoms with Gasteiger partial charge in [0.2, 0.25) is 0 Å². The number of hydrogen-bond donors (Lipinski definition) is 3. The molecule has 3 N–H and O–H groups in total. The average Bonchev–Trinajstić information content (AvgIpc) is 3.07. The number of nitrogens with zero attached hydrogens (tertiary/aromatic N) is 4. The lowest BCUT2D eigenvalue weighted by molar-refractivity contribution is -0.0836. The molecule has 0 unspecified atom stereocenters. The minimum atomic E-state index is -3.09. The van der Waals surface area contributed by atoms with Gasteiger partial charge in [-0.15, -0.1) is 5.10 Å². The van der Waals surface area contributed by atoms with Crippen LogP contribution in [0.15, 0.2) is 36.4 Å². The number of alkyl halides is 2. The van der Waals surface area contributed by atoms with E-state index in [1.807, 2.05) is 19.9 Å². The second-order valence-electron chi connectivity index (χ2n) is 12.2. The van der Waals surface area contributed by atoms with E-state index in [1.54, 1.807) is 6.07 Å². The Bertz CT molecular complexity index is 1480. The summed E-state index contributed by atoms with van der Waals surface area (Å²) in [4.78, 5) is 14.7. The number of likely N-dealkylation sites (tertiary alicyclic amines) is 1. The van der Waals surface area contributed by atoms with Crippen molar-refractivity contribution in [1.29, 1.82) is 0 Å². The lowest BCUT2D eigenvalue weighted by Gasteiger charge is -2.35. The quantitative estimate of drug-likeness (QED) is 0.183. The Labute approximate surface area is 268 Å². The topological polar surface area (TPSA) is 120 Å². The predicted octanol–water partition coefficient (Wildman–Crippen LogP) is 6.36. The van der Waals surface area contributed by atoms with Gasteiger partial charge in [-0.05, 0) is 63.6 Å². The van der Waals surface area contributed by atoms with Gasteiger partial charge in [0, 0.05) is 61.4 Å². The summed E-state index contributed by atoms with van der Waals surface area (Å²) in [6.45, 7) is 7.51. The van der Waals surface area contributed by atoms with E-state index in [9.17, 15) is 9.90 Å². The van der Waals surface area contributed by atoms with Gasteiger partial charge in [0.15, 0.2) is 5.82 Å². The molecule has 250 valence electrons. The second kappa shape index (κ2) is 15.2. The highest BCUT2D eigenvalue weighted by Crippen LogP contribution is 2.43. The molecule has 2 aliphatic rings. The van der Waals surface area contributed by atoms with Crippen LogP contribution < -0.4 is 15.0 Å². The zero-order valence-corrected chi connectivity index (χ0v) is 26.7. The van der Waals surface area contributed by atoms with Crippen LogP contribution in [0.3, 0.4) is 0 Å². The first-order valence-electron chi connectivity index (χ1n) is 16.3. The van der Waals surface area contributed by atoms with Gasteiger partial charge in [0.25, 0.3) is 5.92 Å². The number of aryl methyl sites for hydroxylation is 1. The van der Waals surface area contributed by atoms with E-state index in [-0.39, 0.29) is 44.1 Å². The number of halogens is 2. The number of fused-ring (bicyclic) bond motifs is 1. The maximum Gasteiger partial charge on any atom is 0.407 e. The third kappa shape index (κ3) is 7.78. The standard InChI is InChI=1S/C34H45F2N5O5/c1-23(25-8-7-9-27(20-25)34(35,36)26-10-12-41(13-11-26)33(43)44)37-32-29-21-28(40-14-18-45-19-15-40)22-30(31(29)24(2)38-39-32)46-17-6-4-3-5-16-42/h7-9,20-23,26,42H,3-6,10-19H2,1-2H3,(H,37,39)(H,43,44)/t23-/m1/s1. The van der Waals surface area contributed by atoms with Crippen LogP contribution in [0.2, 0.25) is 0 Å². The monoisotopic (exact) mass is 641 g/mol. The molecular formula is C34H45F2N5O5. The number of amides is 1. The first kappa shape index (κ1) is 33.6. The molecule has 2 aromatic carbocycles. The number of aliphatic hydroxyl groups is 1. The Kier molecular flexibility index (Phi) is 11.1. The van der Waals surface area contributed by atoms with Gasteiger partial charge in [-0.3, -0.25) is 0 Å². The van der Waals surface area contributed by atoms with Crippen molar-refractivity contribution < 1.29 is 33.3 Å². The van der Waals surface area contributed by atoms with Gasteiger partial charge in [-0.1, -0.05) is 24.6 Å². The second-order valence-corrected chi connectivity index (χ2v) is 12.2. The number of nitrogens with one attached hydrogen (secondary N) is 1. The molecule has 46 heavy (non-hydrogen) atoms. The normalized spacial score (nSPS) is 16.9. The first-order chi connectivity index (χ1) is 22.2. The summed E-state index contributed by atoms with van der Waals surface area (Å²) >= 11 is 0. The molecule has 3 heterocycles. The lowest BCUT2D eigenvalue weighted by atomic mass is 9.85. The zero-order valence-electron chi connectivity index (χ0n) is 26.7. The highest BCUT2D eigenvalue weighted by molar-refractivity contribution is 5.99. The van der Waals surface area contributed by atoms with Crippen molar-refractivity contribution in [1.82, 2.24) is 15.1 Å². The fraction of sp³-hybridized carbons (Fsp3) is 0.559. The fourth-order valence-corrected chi connectivity index (χ4v) is 6.34. The van der Waals surface area contributed by atoms with Gasteiger partial charge in [0.05, 0.1) is 36.9 Å². The van der Waals surface area contributed by atoms with Crippen molar-refractivity contribution in [3.63, 3.8) is 0 Å². The number of carboxylic acid groups (broad SMARTS) is 1. The molecule has 1 aromatic heterocycles. The van der Waals surface area contributed by atoms with Crippen LogP contribution in [0.25, 0.3) is 10.8 Å². The number of aliphatic hydroxyl groups excluding tert-OH is 1. The molecule has 1 atom stereocenters. The van der Waals surface area contributed by atoms with Crippen molar-refractivity contribution in [3.05, 3.63) is 53.2 Å². The van der Waals surface area contributed by atoms with E-state index >= 15 is 8.78 Å². The number of ether oxygens (including phenoxy) is 2. The Hall–Kier alpha value is -3.77. The van der Waals surface area contributed by atoms with Gasteiger partial charge < -0.3 is 34.8 Å². The molecule has 2 saturated heterocycles. The van der Waals surface area contributed by atoms with Crippen molar-refractivity contribution in [2.45, 2.75) is 64.3 Å². The largest absolute Gasteiger partial charge is 0.493 e. The van der Waals surface area contributed by atoms with E-state index in [1.165, 1.54) is 17.0 Å². The maximum absolute atomic E-state index is 15.7.